The number of carbonyl (C=O) groups excluding carboxylic acids is 1. The van der Waals surface area contributed by atoms with E-state index in [-0.39, 0.29) is 6.03 Å². The molecular formula is C18H23N5O2. The van der Waals surface area contributed by atoms with E-state index in [0.29, 0.717) is 18.8 Å². The maximum atomic E-state index is 11.9. The van der Waals surface area contributed by atoms with Gasteiger partial charge >= 0.3 is 6.03 Å². The number of methoxy groups -OCH3 is 1. The van der Waals surface area contributed by atoms with Crippen LogP contribution in [0.1, 0.15) is 12.8 Å². The molecule has 2 N–H and O–H groups in total. The van der Waals surface area contributed by atoms with Crippen LogP contribution in [-0.4, -0.2) is 49.4 Å². The van der Waals surface area contributed by atoms with Crippen LogP contribution in [0.2, 0.25) is 0 Å². The minimum Gasteiger partial charge on any atom is -0.383 e. The van der Waals surface area contributed by atoms with Crippen molar-refractivity contribution < 1.29 is 9.53 Å². The second kappa shape index (κ2) is 8.43. The van der Waals surface area contributed by atoms with E-state index in [2.05, 4.69) is 25.5 Å². The Balaban J connectivity index is 1.77. The van der Waals surface area contributed by atoms with Crippen molar-refractivity contribution in [2.24, 2.45) is 0 Å². The Hall–Kier alpha value is -2.67. The van der Waals surface area contributed by atoms with E-state index in [4.69, 9.17) is 4.74 Å². The smallest absolute Gasteiger partial charge is 0.319 e. The highest BCUT2D eigenvalue weighted by Crippen LogP contribution is 2.30. The molecule has 1 aliphatic heterocycles. The Kier molecular flexibility index (Phi) is 5.79. The van der Waals surface area contributed by atoms with E-state index in [1.807, 2.05) is 24.3 Å². The summed E-state index contributed by atoms with van der Waals surface area (Å²) >= 11 is 0. The topological polar surface area (TPSA) is 79.4 Å². The minimum atomic E-state index is -0.256. The summed E-state index contributed by atoms with van der Waals surface area (Å²) in [7, 11) is 1.60. The molecule has 1 aromatic heterocycles. The highest BCUT2D eigenvalue weighted by Gasteiger charge is 2.18. The number of carbonyl (C=O) groups is 1. The van der Waals surface area contributed by atoms with Gasteiger partial charge in [0, 0.05) is 50.4 Å². The third-order valence-electron chi connectivity index (χ3n) is 4.07. The number of amides is 2. The maximum Gasteiger partial charge on any atom is 0.319 e. The van der Waals surface area contributed by atoms with Crippen LogP contribution in [0.5, 0.6) is 0 Å². The van der Waals surface area contributed by atoms with Crippen LogP contribution in [0.4, 0.5) is 16.3 Å². The molecule has 1 saturated heterocycles. The first-order valence-corrected chi connectivity index (χ1v) is 8.48. The first kappa shape index (κ1) is 17.2. The van der Waals surface area contributed by atoms with Gasteiger partial charge in [0.15, 0.2) is 5.82 Å². The zero-order chi connectivity index (χ0) is 17.5. The van der Waals surface area contributed by atoms with E-state index >= 15 is 0 Å². The molecule has 2 aromatic rings. The highest BCUT2D eigenvalue weighted by molar-refractivity contribution is 5.90. The second-order valence-electron chi connectivity index (χ2n) is 5.88. The quantitative estimate of drug-likeness (QED) is 0.789. The van der Waals surface area contributed by atoms with Crippen molar-refractivity contribution >= 4 is 17.5 Å². The molecule has 0 bridgehead atoms. The van der Waals surface area contributed by atoms with Crippen molar-refractivity contribution in [3.8, 4) is 11.3 Å². The molecule has 7 nitrogen and oxygen atoms in total. The van der Waals surface area contributed by atoms with Crippen LogP contribution in [0.3, 0.4) is 0 Å². The van der Waals surface area contributed by atoms with E-state index < -0.39 is 0 Å². The van der Waals surface area contributed by atoms with Gasteiger partial charge in [0.2, 0.25) is 0 Å². The molecule has 0 unspecified atom stereocenters. The molecule has 132 valence electrons. The van der Waals surface area contributed by atoms with Gasteiger partial charge in [0.05, 0.1) is 6.61 Å². The molecule has 0 atom stereocenters. The van der Waals surface area contributed by atoms with Crippen molar-refractivity contribution in [2.75, 3.05) is 43.6 Å². The molecule has 2 heterocycles. The number of hydrogen-bond acceptors (Lipinski definition) is 5. The largest absolute Gasteiger partial charge is 0.383 e. The van der Waals surface area contributed by atoms with Gasteiger partial charge in [-0.2, -0.15) is 0 Å². The number of urea groups is 1. The molecule has 7 heteroatoms. The summed E-state index contributed by atoms with van der Waals surface area (Å²) in [5.74, 6) is 0.904. The van der Waals surface area contributed by atoms with Gasteiger partial charge in [-0.3, -0.25) is 4.98 Å². The average Bonchev–Trinajstić information content (AvgIpc) is 3.17. The number of benzene rings is 1. The molecule has 2 amide bonds. The number of rotatable bonds is 6. The Morgan fingerprint density at radius 3 is 2.84 bits per heavy atom. The molecule has 1 aromatic carbocycles. The van der Waals surface area contributed by atoms with Crippen LogP contribution >= 0.6 is 0 Å². The van der Waals surface area contributed by atoms with Gasteiger partial charge < -0.3 is 20.3 Å². The molecule has 1 fully saturated rings. The summed E-state index contributed by atoms with van der Waals surface area (Å²) < 4.78 is 4.92. The first-order chi connectivity index (χ1) is 12.3. The Morgan fingerprint density at radius 2 is 2.04 bits per heavy atom. The van der Waals surface area contributed by atoms with Gasteiger partial charge in [0.1, 0.15) is 5.69 Å². The van der Waals surface area contributed by atoms with Gasteiger partial charge in [-0.25, -0.2) is 9.78 Å². The third kappa shape index (κ3) is 4.45. The number of nitrogens with zero attached hydrogens (tertiary/aromatic N) is 3. The Bertz CT molecular complexity index is 716. The van der Waals surface area contributed by atoms with Crippen LogP contribution < -0.4 is 15.5 Å². The molecule has 3 rings (SSSR count). The molecule has 1 aliphatic rings. The van der Waals surface area contributed by atoms with Crippen molar-refractivity contribution in [1.29, 1.82) is 0 Å². The lowest BCUT2D eigenvalue weighted by atomic mass is 10.1. The SMILES string of the molecule is COCCNC(=O)Nc1cccc(-c2nccnc2N2CCCC2)c1. The van der Waals surface area contributed by atoms with Crippen LogP contribution in [0.15, 0.2) is 36.7 Å². The number of ether oxygens (including phenoxy) is 1. The van der Waals surface area contributed by atoms with Gasteiger partial charge in [-0.05, 0) is 25.0 Å². The molecular weight excluding hydrogens is 318 g/mol. The summed E-state index contributed by atoms with van der Waals surface area (Å²) in [6, 6.07) is 7.40. The van der Waals surface area contributed by atoms with Gasteiger partial charge in [-0.1, -0.05) is 12.1 Å². The van der Waals surface area contributed by atoms with E-state index in [9.17, 15) is 4.79 Å². The summed E-state index contributed by atoms with van der Waals surface area (Å²) in [5, 5.41) is 5.57. The zero-order valence-electron chi connectivity index (χ0n) is 14.4. The minimum absolute atomic E-state index is 0.256. The predicted molar refractivity (Wildman–Crippen MR) is 97.8 cm³/mol. The van der Waals surface area contributed by atoms with Crippen LogP contribution in [0.25, 0.3) is 11.3 Å². The van der Waals surface area contributed by atoms with E-state index in [1.165, 1.54) is 12.8 Å². The molecule has 0 aliphatic carbocycles. The summed E-state index contributed by atoms with van der Waals surface area (Å²) in [6.07, 6.45) is 5.79. The molecule has 0 spiro atoms. The molecule has 0 radical (unpaired) electrons. The van der Waals surface area contributed by atoms with E-state index in [0.717, 1.165) is 30.2 Å². The number of hydrogen-bond donors (Lipinski definition) is 2. The monoisotopic (exact) mass is 341 g/mol. The lowest BCUT2D eigenvalue weighted by molar-refractivity contribution is 0.198. The molecule has 0 saturated carbocycles. The Labute approximate surface area is 147 Å². The lowest BCUT2D eigenvalue weighted by Gasteiger charge is -2.19. The van der Waals surface area contributed by atoms with Crippen molar-refractivity contribution in [3.63, 3.8) is 0 Å². The van der Waals surface area contributed by atoms with Gasteiger partial charge in [0.25, 0.3) is 0 Å². The van der Waals surface area contributed by atoms with Crippen molar-refractivity contribution in [3.05, 3.63) is 36.7 Å². The summed E-state index contributed by atoms with van der Waals surface area (Å²) in [6.45, 7) is 2.95. The fraction of sp³-hybridized carbons (Fsp3) is 0.389. The molecule has 25 heavy (non-hydrogen) atoms. The maximum absolute atomic E-state index is 11.9. The van der Waals surface area contributed by atoms with Crippen molar-refractivity contribution in [2.45, 2.75) is 12.8 Å². The van der Waals surface area contributed by atoms with Gasteiger partial charge in [-0.15, -0.1) is 0 Å². The second-order valence-corrected chi connectivity index (χ2v) is 5.88. The highest BCUT2D eigenvalue weighted by atomic mass is 16.5. The predicted octanol–water partition coefficient (Wildman–Crippen LogP) is 2.51. The lowest BCUT2D eigenvalue weighted by Crippen LogP contribution is -2.31. The van der Waals surface area contributed by atoms with Crippen LogP contribution in [0, 0.1) is 0 Å². The summed E-state index contributed by atoms with van der Waals surface area (Å²) in [4.78, 5) is 23.2. The average molecular weight is 341 g/mol. The van der Waals surface area contributed by atoms with Crippen molar-refractivity contribution in [1.82, 2.24) is 15.3 Å². The van der Waals surface area contributed by atoms with E-state index in [1.54, 1.807) is 19.5 Å². The number of aromatic nitrogens is 2. The number of anilines is 2. The Morgan fingerprint density at radius 1 is 1.24 bits per heavy atom. The normalized spacial score (nSPS) is 13.7. The zero-order valence-corrected chi connectivity index (χ0v) is 14.4. The van der Waals surface area contributed by atoms with Crippen LogP contribution in [-0.2, 0) is 4.74 Å². The fourth-order valence-corrected chi connectivity index (χ4v) is 2.88. The summed E-state index contributed by atoms with van der Waals surface area (Å²) in [5.41, 5.74) is 2.49. The third-order valence-corrected chi connectivity index (χ3v) is 4.07. The first-order valence-electron chi connectivity index (χ1n) is 8.48. The standard InChI is InChI=1S/C18H23N5O2/c1-25-12-9-21-18(24)22-15-6-4-5-14(13-15)16-17(20-8-7-19-16)23-10-2-3-11-23/h4-8,13H,2-3,9-12H2,1H3,(H2,21,22,24). The fourth-order valence-electron chi connectivity index (χ4n) is 2.88. The number of nitrogens with one attached hydrogen (secondary N) is 2.